The molecule has 7 rings (SSSR count). The molecule has 4 aromatic rings. The van der Waals surface area contributed by atoms with Crippen LogP contribution < -0.4 is 21.3 Å². The molecule has 1 unspecified atom stereocenters. The number of aliphatic hydroxyl groups excluding tert-OH is 1. The number of hydrogen-bond donors (Lipinski definition) is 5. The van der Waals surface area contributed by atoms with Crippen LogP contribution in [0, 0.1) is 0 Å². The van der Waals surface area contributed by atoms with Gasteiger partial charge in [-0.3, -0.25) is 24.0 Å². The molecular formula is C54H68N4O10. The summed E-state index contributed by atoms with van der Waals surface area (Å²) < 4.78 is 23.5. The second-order valence-electron chi connectivity index (χ2n) is 18.5. The first-order valence-corrected chi connectivity index (χ1v) is 24.8. The molecule has 1 aliphatic carbocycles. The first-order chi connectivity index (χ1) is 33.0. The molecule has 0 aromatic heterocycles. The van der Waals surface area contributed by atoms with Crippen molar-refractivity contribution in [3.05, 3.63) is 77.5 Å². The Labute approximate surface area is 399 Å². The van der Waals surface area contributed by atoms with Crippen molar-refractivity contribution in [1.29, 1.82) is 0 Å². The minimum absolute atomic E-state index is 0.112. The number of allylic oxidation sites excluding steroid dienone is 2. The zero-order chi connectivity index (χ0) is 48.3. The van der Waals surface area contributed by atoms with Crippen LogP contribution in [0.3, 0.4) is 0 Å². The first kappa shape index (κ1) is 49.6. The van der Waals surface area contributed by atoms with E-state index < -0.39 is 17.2 Å². The topological polar surface area (TPSA) is 191 Å². The van der Waals surface area contributed by atoms with Crippen molar-refractivity contribution in [1.82, 2.24) is 0 Å². The maximum absolute atomic E-state index is 14.9. The van der Waals surface area contributed by atoms with Gasteiger partial charge >= 0.3 is 23.9 Å². The molecule has 0 radical (unpaired) electrons. The van der Waals surface area contributed by atoms with Gasteiger partial charge in [0.2, 0.25) is 0 Å². The van der Waals surface area contributed by atoms with E-state index >= 15 is 0 Å². The summed E-state index contributed by atoms with van der Waals surface area (Å²) >= 11 is 0. The monoisotopic (exact) mass is 932 g/mol. The number of Topliss-reactive ketones (excluding diaryl/α,β-unsaturated/α-hetero) is 1. The van der Waals surface area contributed by atoms with Crippen molar-refractivity contribution in [2.45, 2.75) is 148 Å². The van der Waals surface area contributed by atoms with Gasteiger partial charge in [-0.1, -0.05) is 128 Å². The molecule has 14 heteroatoms. The fourth-order valence-corrected chi connectivity index (χ4v) is 9.33. The summed E-state index contributed by atoms with van der Waals surface area (Å²) in [5.41, 5.74) is 0.799. The van der Waals surface area contributed by atoms with Crippen molar-refractivity contribution in [2.75, 3.05) is 47.7 Å². The summed E-state index contributed by atoms with van der Waals surface area (Å²) in [4.78, 5) is 67.1. The number of hydrogen-bond acceptors (Lipinski definition) is 14. The summed E-state index contributed by atoms with van der Waals surface area (Å²) in [6.07, 6.45) is 11.1. The van der Waals surface area contributed by atoms with Crippen molar-refractivity contribution in [3.8, 4) is 0 Å². The van der Waals surface area contributed by atoms with E-state index in [9.17, 15) is 29.1 Å². The van der Waals surface area contributed by atoms with Gasteiger partial charge in [-0.2, -0.15) is 0 Å². The SMILES string of the molecule is CCCCCC(=O)OCC1(COC(=O)CCCCC)Nc2cccc3ccc(C4=C(O)C(c5ccc6cccc7c6c5NC(COC(=O)CCCCC)(COC(=O)CCCCC)N7)C4=O)c(c23)N1. The van der Waals surface area contributed by atoms with Crippen LogP contribution in [0.1, 0.15) is 147 Å². The number of unbranched alkanes of at least 4 members (excludes halogenated alkanes) is 8. The second kappa shape index (κ2) is 22.7. The third-order valence-corrected chi connectivity index (χ3v) is 13.1. The van der Waals surface area contributed by atoms with Crippen molar-refractivity contribution < 1.29 is 48.0 Å². The summed E-state index contributed by atoms with van der Waals surface area (Å²) in [6.45, 7) is 7.47. The summed E-state index contributed by atoms with van der Waals surface area (Å²) in [6, 6.07) is 18.8. The van der Waals surface area contributed by atoms with Crippen molar-refractivity contribution >= 4 is 79.5 Å². The van der Waals surface area contributed by atoms with E-state index in [0.29, 0.717) is 59.6 Å². The molecule has 14 nitrogen and oxygen atoms in total. The van der Waals surface area contributed by atoms with Gasteiger partial charge < -0.3 is 45.3 Å². The van der Waals surface area contributed by atoms with Crippen LogP contribution in [0.25, 0.3) is 27.1 Å². The number of rotatable bonds is 26. The van der Waals surface area contributed by atoms with Gasteiger partial charge in [0.05, 0.1) is 16.9 Å². The molecule has 2 heterocycles. The van der Waals surface area contributed by atoms with Gasteiger partial charge in [0, 0.05) is 53.4 Å². The van der Waals surface area contributed by atoms with Gasteiger partial charge in [-0.25, -0.2) is 0 Å². The molecule has 364 valence electrons. The Balaban J connectivity index is 1.24. The quantitative estimate of drug-likeness (QED) is 0.0227. The van der Waals surface area contributed by atoms with E-state index in [4.69, 9.17) is 18.9 Å². The Bertz CT molecular complexity index is 2480. The largest absolute Gasteiger partial charge is 0.510 e. The molecule has 0 bridgehead atoms. The van der Waals surface area contributed by atoms with Gasteiger partial charge in [0.1, 0.15) is 38.1 Å². The van der Waals surface area contributed by atoms with E-state index in [1.807, 2.05) is 54.6 Å². The van der Waals surface area contributed by atoms with Crippen LogP contribution in [0.4, 0.5) is 22.7 Å². The average molecular weight is 933 g/mol. The number of carbonyl (C=O) groups excluding carboxylic acids is 5. The lowest BCUT2D eigenvalue weighted by atomic mass is 9.73. The van der Waals surface area contributed by atoms with Crippen LogP contribution >= 0.6 is 0 Å². The second-order valence-corrected chi connectivity index (χ2v) is 18.5. The lowest BCUT2D eigenvalue weighted by Crippen LogP contribution is -2.56. The molecule has 1 atom stereocenters. The minimum atomic E-state index is -1.32. The zero-order valence-electron chi connectivity index (χ0n) is 40.1. The highest BCUT2D eigenvalue weighted by Gasteiger charge is 2.48. The third kappa shape index (κ3) is 11.2. The Morgan fingerprint density at radius 3 is 1.32 bits per heavy atom. The summed E-state index contributed by atoms with van der Waals surface area (Å²) in [5.74, 6) is -3.08. The third-order valence-electron chi connectivity index (χ3n) is 13.1. The van der Waals surface area contributed by atoms with Gasteiger partial charge in [-0.05, 0) is 54.2 Å². The van der Waals surface area contributed by atoms with Crippen LogP contribution in [0.15, 0.2) is 66.4 Å². The number of aliphatic hydroxyl groups is 1. The highest BCUT2D eigenvalue weighted by molar-refractivity contribution is 6.34. The van der Waals surface area contributed by atoms with Crippen LogP contribution in [0.2, 0.25) is 0 Å². The minimum Gasteiger partial charge on any atom is -0.510 e. The Morgan fingerprint density at radius 1 is 0.515 bits per heavy atom. The summed E-state index contributed by atoms with van der Waals surface area (Å²) in [5, 5.41) is 29.5. The molecule has 0 amide bonds. The smallest absolute Gasteiger partial charge is 0.305 e. The molecule has 5 N–H and O–H groups in total. The van der Waals surface area contributed by atoms with Crippen LogP contribution in [0.5, 0.6) is 0 Å². The number of benzene rings is 4. The maximum atomic E-state index is 14.9. The van der Waals surface area contributed by atoms with Crippen LogP contribution in [-0.4, -0.2) is 72.5 Å². The highest BCUT2D eigenvalue weighted by Crippen LogP contribution is 2.52. The molecule has 0 saturated heterocycles. The Morgan fingerprint density at radius 2 is 0.912 bits per heavy atom. The Kier molecular flexibility index (Phi) is 16.5. The molecule has 0 saturated carbocycles. The van der Waals surface area contributed by atoms with Gasteiger partial charge in [0.15, 0.2) is 17.1 Å². The average Bonchev–Trinajstić information content (AvgIpc) is 3.33. The lowest BCUT2D eigenvalue weighted by Gasteiger charge is -2.43. The highest BCUT2D eigenvalue weighted by atomic mass is 16.6. The normalized spacial score (nSPS) is 16.2. The van der Waals surface area contributed by atoms with E-state index in [1.54, 1.807) is 6.07 Å². The molecule has 0 fully saturated rings. The standard InChI is InChI=1S/C54H68N4O10/c1-5-9-13-23-41(59)65-31-53(32-66-42(60)24-14-10-6-2)55-39-21-17-19-35-27-29-37(49(57-53)45(35)39)47-51(63)48(52(47)64)38-30-28-36-20-18-22-40-46(36)50(38)58-54(56-40,33-67-43(61)25-15-11-7-3)34-68-44(62)26-16-12-8-4/h17-22,27-30,47,55-58,63H,5-16,23-26,31-34H2,1-4H3. The van der Waals surface area contributed by atoms with Crippen molar-refractivity contribution in [3.63, 3.8) is 0 Å². The molecule has 4 aromatic carbocycles. The fraction of sp³-hybridized carbons (Fsp3) is 0.500. The predicted molar refractivity (Wildman–Crippen MR) is 266 cm³/mol. The molecule has 3 aliphatic rings. The number of esters is 4. The summed E-state index contributed by atoms with van der Waals surface area (Å²) in [7, 11) is 0. The number of ether oxygens (including phenoxy) is 4. The molecule has 68 heavy (non-hydrogen) atoms. The lowest BCUT2D eigenvalue weighted by molar-refractivity contribution is -0.150. The van der Waals surface area contributed by atoms with Crippen LogP contribution in [-0.2, 0) is 42.9 Å². The number of ketones is 1. The van der Waals surface area contributed by atoms with Crippen molar-refractivity contribution in [2.24, 2.45) is 0 Å². The van der Waals surface area contributed by atoms with E-state index in [0.717, 1.165) is 72.9 Å². The Hall–Kier alpha value is -6.31. The molecular weight excluding hydrogens is 865 g/mol. The van der Waals surface area contributed by atoms with E-state index in [-0.39, 0.29) is 93.1 Å². The maximum Gasteiger partial charge on any atom is 0.305 e. The fourth-order valence-electron chi connectivity index (χ4n) is 9.33. The first-order valence-electron chi connectivity index (χ1n) is 24.8. The number of nitrogens with one attached hydrogen (secondary N) is 4. The number of carbonyl (C=O) groups is 5. The zero-order valence-corrected chi connectivity index (χ0v) is 40.1. The molecule has 2 aliphatic heterocycles. The van der Waals surface area contributed by atoms with E-state index in [1.165, 1.54) is 0 Å². The van der Waals surface area contributed by atoms with Gasteiger partial charge in [-0.15, -0.1) is 0 Å². The van der Waals surface area contributed by atoms with Gasteiger partial charge in [0.25, 0.3) is 0 Å². The van der Waals surface area contributed by atoms with E-state index in [2.05, 4.69) is 49.0 Å². The molecule has 0 spiro atoms. The predicted octanol–water partition coefficient (Wildman–Crippen LogP) is 11.2. The number of anilines is 4.